The lowest BCUT2D eigenvalue weighted by atomic mass is 9.66. The summed E-state index contributed by atoms with van der Waals surface area (Å²) < 4.78 is 0. The van der Waals surface area contributed by atoms with Crippen molar-refractivity contribution >= 4 is 22.6 Å². The third-order valence-electron chi connectivity index (χ3n) is 11.5. The second kappa shape index (κ2) is 11.6. The standard InChI is InChI=1S/C49H45N/c1-8-40-33(2)48(6,7)45-31-43-41-21-15-16-22-44(41)49(46(43)32-42(40)45,35-25-23-34(24-26-35)47(3,4)5)36-27-29-39(30-28-36)50(37-17-11-9-12-18-37)38-19-13-10-14-20-38/h8-32H,1H2,2-7H3. The van der Waals surface area contributed by atoms with Gasteiger partial charge in [-0.2, -0.15) is 0 Å². The Labute approximate surface area is 298 Å². The summed E-state index contributed by atoms with van der Waals surface area (Å²) in [5.41, 5.74) is 17.4. The molecule has 0 saturated heterocycles. The highest BCUT2D eigenvalue weighted by Gasteiger charge is 2.48. The predicted octanol–water partition coefficient (Wildman–Crippen LogP) is 13.1. The minimum Gasteiger partial charge on any atom is -0.311 e. The van der Waals surface area contributed by atoms with E-state index in [1.165, 1.54) is 61.2 Å². The van der Waals surface area contributed by atoms with Gasteiger partial charge in [-0.3, -0.25) is 0 Å². The van der Waals surface area contributed by atoms with Crippen LogP contribution in [0.1, 0.15) is 80.5 Å². The molecule has 1 unspecified atom stereocenters. The van der Waals surface area contributed by atoms with Crippen LogP contribution in [-0.4, -0.2) is 0 Å². The predicted molar refractivity (Wildman–Crippen MR) is 213 cm³/mol. The molecule has 0 amide bonds. The molecule has 0 spiro atoms. The van der Waals surface area contributed by atoms with Crippen LogP contribution in [0.15, 0.2) is 164 Å². The van der Waals surface area contributed by atoms with Crippen LogP contribution >= 0.6 is 0 Å². The lowest BCUT2D eigenvalue weighted by Gasteiger charge is -2.35. The zero-order valence-corrected chi connectivity index (χ0v) is 30.1. The summed E-state index contributed by atoms with van der Waals surface area (Å²) in [4.78, 5) is 2.34. The summed E-state index contributed by atoms with van der Waals surface area (Å²) in [6.45, 7) is 18.1. The van der Waals surface area contributed by atoms with Crippen molar-refractivity contribution in [3.05, 3.63) is 203 Å². The quantitative estimate of drug-likeness (QED) is 0.174. The van der Waals surface area contributed by atoms with Gasteiger partial charge in [0.1, 0.15) is 0 Å². The number of anilines is 3. The highest BCUT2D eigenvalue weighted by atomic mass is 15.1. The van der Waals surface area contributed by atoms with E-state index in [0.29, 0.717) is 0 Å². The molecule has 0 N–H and O–H groups in total. The monoisotopic (exact) mass is 647 g/mol. The number of para-hydroxylation sites is 2. The van der Waals surface area contributed by atoms with Gasteiger partial charge in [-0.1, -0.05) is 150 Å². The number of hydrogen-bond acceptors (Lipinski definition) is 1. The summed E-state index contributed by atoms with van der Waals surface area (Å²) in [7, 11) is 0. The Hall–Kier alpha value is -5.40. The highest BCUT2D eigenvalue weighted by molar-refractivity contribution is 5.93. The van der Waals surface area contributed by atoms with Gasteiger partial charge in [0.05, 0.1) is 5.41 Å². The van der Waals surface area contributed by atoms with E-state index in [9.17, 15) is 0 Å². The molecule has 6 aromatic carbocycles. The van der Waals surface area contributed by atoms with Crippen molar-refractivity contribution in [1.29, 1.82) is 0 Å². The maximum absolute atomic E-state index is 4.29. The molecule has 246 valence electrons. The number of rotatable bonds is 6. The molecule has 1 atom stereocenters. The number of fused-ring (bicyclic) bond motifs is 4. The molecule has 0 aliphatic heterocycles. The number of benzene rings is 6. The van der Waals surface area contributed by atoms with E-state index in [2.05, 4.69) is 205 Å². The summed E-state index contributed by atoms with van der Waals surface area (Å²) >= 11 is 0. The Morgan fingerprint density at radius 2 is 1.04 bits per heavy atom. The minimum atomic E-state index is -0.507. The first-order chi connectivity index (χ1) is 24.1. The molecular weight excluding hydrogens is 603 g/mol. The van der Waals surface area contributed by atoms with E-state index in [1.807, 2.05) is 0 Å². The van der Waals surface area contributed by atoms with Gasteiger partial charge in [0.15, 0.2) is 0 Å². The van der Waals surface area contributed by atoms with Crippen molar-refractivity contribution in [2.24, 2.45) is 0 Å². The molecule has 2 aliphatic rings. The first-order valence-corrected chi connectivity index (χ1v) is 17.8. The zero-order valence-electron chi connectivity index (χ0n) is 30.1. The Bertz CT molecular complexity index is 2220. The van der Waals surface area contributed by atoms with E-state index in [-0.39, 0.29) is 10.8 Å². The van der Waals surface area contributed by atoms with Gasteiger partial charge in [-0.15, -0.1) is 0 Å². The van der Waals surface area contributed by atoms with Crippen LogP contribution in [0.5, 0.6) is 0 Å². The van der Waals surface area contributed by atoms with Gasteiger partial charge in [0.25, 0.3) is 0 Å². The topological polar surface area (TPSA) is 3.24 Å². The second-order valence-corrected chi connectivity index (χ2v) is 15.5. The molecule has 0 aromatic heterocycles. The third-order valence-corrected chi connectivity index (χ3v) is 11.5. The Kier molecular flexibility index (Phi) is 7.39. The number of nitrogens with zero attached hydrogens (tertiary/aromatic N) is 1. The van der Waals surface area contributed by atoms with E-state index < -0.39 is 5.41 Å². The fraction of sp³-hybridized carbons (Fsp3) is 0.184. The van der Waals surface area contributed by atoms with Gasteiger partial charge in [0, 0.05) is 22.5 Å². The zero-order chi connectivity index (χ0) is 34.8. The fourth-order valence-electron chi connectivity index (χ4n) is 8.54. The van der Waals surface area contributed by atoms with E-state index >= 15 is 0 Å². The van der Waals surface area contributed by atoms with Crippen LogP contribution in [0.25, 0.3) is 16.7 Å². The maximum atomic E-state index is 4.29. The van der Waals surface area contributed by atoms with Crippen molar-refractivity contribution in [3.63, 3.8) is 0 Å². The van der Waals surface area contributed by atoms with Gasteiger partial charge < -0.3 is 4.90 Å². The van der Waals surface area contributed by atoms with Gasteiger partial charge in [-0.25, -0.2) is 0 Å². The summed E-state index contributed by atoms with van der Waals surface area (Å²) in [6.07, 6.45) is 2.06. The largest absolute Gasteiger partial charge is 0.311 e. The smallest absolute Gasteiger partial charge is 0.0713 e. The average Bonchev–Trinajstić information content (AvgIpc) is 3.52. The molecule has 2 aliphatic carbocycles. The van der Waals surface area contributed by atoms with Crippen molar-refractivity contribution in [2.45, 2.75) is 57.8 Å². The molecule has 0 saturated carbocycles. The van der Waals surface area contributed by atoms with E-state index in [0.717, 1.165) is 17.1 Å². The highest BCUT2D eigenvalue weighted by Crippen LogP contribution is 2.59. The van der Waals surface area contributed by atoms with Crippen LogP contribution in [-0.2, 0) is 16.2 Å². The number of allylic oxidation sites excluding steroid dienone is 3. The van der Waals surface area contributed by atoms with Crippen LogP contribution in [0, 0.1) is 0 Å². The molecular formula is C49H45N. The SMILES string of the molecule is C=CC1=C(C)C(C)(C)c2cc3c(cc21)C(c1ccc(N(c2ccccc2)c2ccccc2)cc1)(c1ccc(C(C)(C)C)cc1)c1ccccc1-3. The second-order valence-electron chi connectivity index (χ2n) is 15.5. The van der Waals surface area contributed by atoms with Crippen LogP contribution in [0.4, 0.5) is 17.1 Å². The van der Waals surface area contributed by atoms with Crippen molar-refractivity contribution in [1.82, 2.24) is 0 Å². The molecule has 0 radical (unpaired) electrons. The molecule has 8 rings (SSSR count). The Morgan fingerprint density at radius 1 is 0.540 bits per heavy atom. The third kappa shape index (κ3) is 4.67. The maximum Gasteiger partial charge on any atom is 0.0713 e. The molecule has 0 bridgehead atoms. The van der Waals surface area contributed by atoms with Gasteiger partial charge >= 0.3 is 0 Å². The van der Waals surface area contributed by atoms with Crippen LogP contribution in [0.2, 0.25) is 0 Å². The molecule has 1 heteroatoms. The summed E-state index contributed by atoms with van der Waals surface area (Å²) in [5.74, 6) is 0. The lowest BCUT2D eigenvalue weighted by Crippen LogP contribution is -2.29. The number of hydrogen-bond donors (Lipinski definition) is 0. The molecule has 50 heavy (non-hydrogen) atoms. The van der Waals surface area contributed by atoms with Crippen molar-refractivity contribution in [2.75, 3.05) is 4.90 Å². The van der Waals surface area contributed by atoms with Gasteiger partial charge in [-0.05, 0) is 117 Å². The molecule has 1 nitrogen and oxygen atoms in total. The van der Waals surface area contributed by atoms with E-state index in [4.69, 9.17) is 0 Å². The Balaban J connectivity index is 1.40. The van der Waals surface area contributed by atoms with Crippen LogP contribution in [0.3, 0.4) is 0 Å². The van der Waals surface area contributed by atoms with Crippen molar-refractivity contribution < 1.29 is 0 Å². The molecule has 0 fully saturated rings. The fourth-order valence-corrected chi connectivity index (χ4v) is 8.54. The first-order valence-electron chi connectivity index (χ1n) is 17.8. The lowest BCUT2D eigenvalue weighted by molar-refractivity contribution is 0.589. The van der Waals surface area contributed by atoms with E-state index in [1.54, 1.807) is 0 Å². The van der Waals surface area contributed by atoms with Crippen molar-refractivity contribution in [3.8, 4) is 11.1 Å². The summed E-state index contributed by atoms with van der Waals surface area (Å²) in [6, 6.07) is 54.2. The molecule has 0 heterocycles. The first kappa shape index (κ1) is 31.8. The van der Waals surface area contributed by atoms with Gasteiger partial charge in [0.2, 0.25) is 0 Å². The minimum absolute atomic E-state index is 0.0603. The summed E-state index contributed by atoms with van der Waals surface area (Å²) in [5, 5.41) is 0. The van der Waals surface area contributed by atoms with Crippen LogP contribution < -0.4 is 4.90 Å². The normalized spacial score (nSPS) is 17.2. The average molecular weight is 648 g/mol. The molecule has 6 aromatic rings. The Morgan fingerprint density at radius 3 is 1.60 bits per heavy atom.